The summed E-state index contributed by atoms with van der Waals surface area (Å²) in [6.45, 7) is -0.349. The van der Waals surface area contributed by atoms with E-state index >= 15 is 0 Å². The summed E-state index contributed by atoms with van der Waals surface area (Å²) in [7, 11) is 1.27. The number of nitrogens with one attached hydrogen (secondary N) is 4. The van der Waals surface area contributed by atoms with E-state index in [2.05, 4.69) is 59.6 Å². The molecule has 0 radical (unpaired) electrons. The molecule has 2 aliphatic heterocycles. The van der Waals surface area contributed by atoms with E-state index in [0.717, 1.165) is 65.1 Å². The van der Waals surface area contributed by atoms with Gasteiger partial charge in [0.2, 0.25) is 11.8 Å². The molecule has 5 N–H and O–H groups in total. The molecule has 4 amide bonds. The molecule has 2 aromatic heterocycles. The monoisotopic (exact) mass is 664 g/mol. The molecule has 4 heterocycles. The Kier molecular flexibility index (Phi) is 7.57. The minimum absolute atomic E-state index is 0.108. The summed E-state index contributed by atoms with van der Waals surface area (Å²) in [5, 5.41) is 13.6. The molecular weight excluding hydrogens is 628 g/mol. The van der Waals surface area contributed by atoms with E-state index < -0.39 is 12.2 Å². The molecule has 14 nitrogen and oxygen atoms in total. The minimum Gasteiger partial charge on any atom is -0.465 e. The molecule has 0 unspecified atom stereocenters. The number of alkyl carbamates (subject to hydrolysis) is 1. The second-order valence-corrected chi connectivity index (χ2v) is 13.3. The van der Waals surface area contributed by atoms with E-state index in [0.29, 0.717) is 17.7 Å². The second kappa shape index (κ2) is 12.1. The first-order valence-corrected chi connectivity index (χ1v) is 16.5. The van der Waals surface area contributed by atoms with E-state index in [1.165, 1.54) is 7.11 Å². The highest BCUT2D eigenvalue weighted by molar-refractivity contribution is 5.84. The molecule has 2 saturated heterocycles. The number of hydrogen-bond donors (Lipinski definition) is 5. The van der Waals surface area contributed by atoms with Gasteiger partial charge in [0.05, 0.1) is 43.0 Å². The first-order chi connectivity index (χ1) is 23.8. The average Bonchev–Trinajstić information content (AvgIpc) is 3.71. The van der Waals surface area contributed by atoms with Crippen LogP contribution in [0.5, 0.6) is 0 Å². The van der Waals surface area contributed by atoms with Crippen LogP contribution in [0.2, 0.25) is 0 Å². The zero-order valence-electron chi connectivity index (χ0n) is 26.8. The van der Waals surface area contributed by atoms with Gasteiger partial charge >= 0.3 is 12.2 Å². The van der Waals surface area contributed by atoms with Crippen molar-refractivity contribution >= 4 is 24.0 Å². The molecule has 4 aromatic rings. The third kappa shape index (κ3) is 5.87. The topological polar surface area (TPSA) is 186 Å². The summed E-state index contributed by atoms with van der Waals surface area (Å²) in [5.74, 6) is 2.00. The number of nitrogens with zero attached hydrogens (tertiary/aromatic N) is 4. The fraction of sp³-hybridized carbons (Fsp3) is 0.371. The number of carbonyl (C=O) groups is 4. The number of aromatic nitrogens is 4. The number of imidazole rings is 2. The lowest BCUT2D eigenvalue weighted by atomic mass is 10.0. The number of rotatable bonds is 9. The van der Waals surface area contributed by atoms with E-state index in [9.17, 15) is 19.2 Å². The molecular formula is C35H36N8O6. The van der Waals surface area contributed by atoms with E-state index in [1.54, 1.807) is 17.3 Å². The van der Waals surface area contributed by atoms with E-state index in [1.807, 2.05) is 29.2 Å². The van der Waals surface area contributed by atoms with Crippen molar-refractivity contribution in [2.45, 2.75) is 49.9 Å². The summed E-state index contributed by atoms with van der Waals surface area (Å²) >= 11 is 0. The standard InChI is InChI=1S/C35H36N8O6/c1-49-35(48)39-17-31(45)43-27-11-23(27)13-29(43)33-37-15-25(41-33)21-8-4-19(5-9-21)18-2-6-20(7-3-18)24-14-36-32(40-24)28-12-22-10-26(22)42(28)30(44)16-38-34(46)47/h2-9,14-15,22-23,26-29,38H,10-13,16-17H2,1H3,(H,36,40)(H,37,41)(H,39,48)(H,46,47)/t22-,23-,26-,27-,28-,29-/m0/s1. The molecule has 0 bridgehead atoms. The van der Waals surface area contributed by atoms with Crippen LogP contribution in [0.15, 0.2) is 60.9 Å². The van der Waals surface area contributed by atoms with Crippen LogP contribution in [0, 0.1) is 11.8 Å². The van der Waals surface area contributed by atoms with Gasteiger partial charge < -0.3 is 40.2 Å². The molecule has 4 aliphatic rings. The number of carbonyl (C=O) groups excluding carboxylic acids is 3. The minimum atomic E-state index is -1.21. The maximum Gasteiger partial charge on any atom is 0.407 e. The highest BCUT2D eigenvalue weighted by Gasteiger charge is 2.56. The van der Waals surface area contributed by atoms with Gasteiger partial charge in [-0.1, -0.05) is 48.5 Å². The fourth-order valence-electron chi connectivity index (χ4n) is 7.66. The van der Waals surface area contributed by atoms with Crippen LogP contribution < -0.4 is 10.6 Å². The summed E-state index contributed by atoms with van der Waals surface area (Å²) in [6.07, 6.45) is 5.35. The lowest BCUT2D eigenvalue weighted by Gasteiger charge is -2.26. The van der Waals surface area contributed by atoms with Gasteiger partial charge in [0.1, 0.15) is 24.7 Å². The molecule has 252 valence electrons. The van der Waals surface area contributed by atoms with Crippen molar-refractivity contribution in [1.82, 2.24) is 40.4 Å². The largest absolute Gasteiger partial charge is 0.465 e. The lowest BCUT2D eigenvalue weighted by Crippen LogP contribution is -2.41. The number of methoxy groups -OCH3 is 1. The number of H-pyrrole nitrogens is 2. The van der Waals surface area contributed by atoms with Gasteiger partial charge in [-0.05, 0) is 59.8 Å². The van der Waals surface area contributed by atoms with Gasteiger partial charge in [-0.25, -0.2) is 19.6 Å². The van der Waals surface area contributed by atoms with Crippen molar-refractivity contribution in [2.75, 3.05) is 20.2 Å². The van der Waals surface area contributed by atoms with Gasteiger partial charge in [0.25, 0.3) is 0 Å². The second-order valence-electron chi connectivity index (χ2n) is 13.3. The van der Waals surface area contributed by atoms with Crippen molar-refractivity contribution in [3.8, 4) is 33.6 Å². The number of ether oxygens (including phenoxy) is 1. The molecule has 4 fully saturated rings. The van der Waals surface area contributed by atoms with Gasteiger partial charge in [-0.15, -0.1) is 0 Å². The SMILES string of the molecule is COC(=O)NCC(=O)N1[C@H](c2ncc(-c3ccc(-c4ccc(-c5cnc([C@@H]6C[C@@H]7C[C@@H]7N6C(=O)CNC(=O)O)[nH]5)cc4)cc3)[nH]2)C[C@@H]2C[C@@H]21. The Bertz CT molecular complexity index is 1920. The Hall–Kier alpha value is -5.66. The summed E-state index contributed by atoms with van der Waals surface area (Å²) in [6, 6.07) is 16.4. The highest BCUT2D eigenvalue weighted by atomic mass is 16.5. The Balaban J connectivity index is 0.918. The number of benzene rings is 2. The van der Waals surface area contributed by atoms with Gasteiger partial charge in [-0.2, -0.15) is 0 Å². The molecule has 6 atom stereocenters. The number of amides is 4. The van der Waals surface area contributed by atoms with Crippen LogP contribution in [0.1, 0.15) is 49.4 Å². The molecule has 2 aliphatic carbocycles. The van der Waals surface area contributed by atoms with Gasteiger partial charge in [-0.3, -0.25) is 9.59 Å². The quantitative estimate of drug-likeness (QED) is 0.177. The smallest absolute Gasteiger partial charge is 0.407 e. The maximum atomic E-state index is 13.0. The molecule has 14 heteroatoms. The number of fused-ring (bicyclic) bond motifs is 2. The van der Waals surface area contributed by atoms with Gasteiger partial charge in [0.15, 0.2) is 0 Å². The summed E-state index contributed by atoms with van der Waals surface area (Å²) in [5.41, 5.74) is 5.78. The predicted octanol–water partition coefficient (Wildman–Crippen LogP) is 4.08. The first-order valence-electron chi connectivity index (χ1n) is 16.5. The van der Waals surface area contributed by atoms with Crippen molar-refractivity contribution in [3.05, 3.63) is 72.6 Å². The van der Waals surface area contributed by atoms with Crippen molar-refractivity contribution in [1.29, 1.82) is 0 Å². The normalized spacial score (nSPS) is 24.6. The van der Waals surface area contributed by atoms with Crippen molar-refractivity contribution in [2.24, 2.45) is 11.8 Å². The van der Waals surface area contributed by atoms with Crippen LogP contribution in [0.4, 0.5) is 9.59 Å². The zero-order chi connectivity index (χ0) is 33.8. The molecule has 49 heavy (non-hydrogen) atoms. The van der Waals surface area contributed by atoms with Crippen LogP contribution >= 0.6 is 0 Å². The fourth-order valence-corrected chi connectivity index (χ4v) is 7.66. The Morgan fingerprint density at radius 2 is 1.14 bits per heavy atom. The number of hydrogen-bond acceptors (Lipinski definition) is 7. The highest BCUT2D eigenvalue weighted by Crippen LogP contribution is 2.54. The number of piperidine rings is 2. The molecule has 0 spiro atoms. The van der Waals surface area contributed by atoms with E-state index in [4.69, 9.17) is 5.11 Å². The Morgan fingerprint density at radius 1 is 0.714 bits per heavy atom. The van der Waals surface area contributed by atoms with Crippen LogP contribution in [0.3, 0.4) is 0 Å². The van der Waals surface area contributed by atoms with Crippen molar-refractivity contribution in [3.63, 3.8) is 0 Å². The lowest BCUT2D eigenvalue weighted by molar-refractivity contribution is -0.133. The number of aromatic amines is 2. The third-order valence-electron chi connectivity index (χ3n) is 10.3. The van der Waals surface area contributed by atoms with Gasteiger partial charge in [0, 0.05) is 12.1 Å². The first kappa shape index (κ1) is 30.7. The molecule has 2 aromatic carbocycles. The molecule has 8 rings (SSSR count). The van der Waals surface area contributed by atoms with Crippen molar-refractivity contribution < 1.29 is 29.0 Å². The average molecular weight is 665 g/mol. The Labute approximate surface area is 281 Å². The summed E-state index contributed by atoms with van der Waals surface area (Å²) < 4.78 is 4.60. The molecule has 2 saturated carbocycles. The third-order valence-corrected chi connectivity index (χ3v) is 10.3. The van der Waals surface area contributed by atoms with Crippen LogP contribution in [-0.4, -0.2) is 91.1 Å². The maximum absolute atomic E-state index is 13.0. The van der Waals surface area contributed by atoms with Crippen LogP contribution in [0.25, 0.3) is 33.6 Å². The van der Waals surface area contributed by atoms with E-state index in [-0.39, 0.29) is 49.1 Å². The van der Waals surface area contributed by atoms with Crippen LogP contribution in [-0.2, 0) is 14.3 Å². The predicted molar refractivity (Wildman–Crippen MR) is 176 cm³/mol. The summed E-state index contributed by atoms with van der Waals surface area (Å²) in [4.78, 5) is 67.9. The number of carboxylic acid groups (broad SMARTS) is 1. The zero-order valence-corrected chi connectivity index (χ0v) is 26.8. The Morgan fingerprint density at radius 3 is 1.57 bits per heavy atom. The number of likely N-dealkylation sites (tertiary alicyclic amines) is 2.